The lowest BCUT2D eigenvalue weighted by Gasteiger charge is -2.30. The van der Waals surface area contributed by atoms with Crippen LogP contribution in [-0.4, -0.2) is 45.9 Å². The van der Waals surface area contributed by atoms with E-state index in [0.717, 1.165) is 36.8 Å². The molecule has 6 nitrogen and oxygen atoms in total. The molecule has 2 rings (SSSR count). The van der Waals surface area contributed by atoms with Crippen molar-refractivity contribution in [1.29, 1.82) is 0 Å². The molecule has 1 aromatic rings. The van der Waals surface area contributed by atoms with Gasteiger partial charge in [0, 0.05) is 13.2 Å². The van der Waals surface area contributed by atoms with Gasteiger partial charge in [-0.3, -0.25) is 9.10 Å². The fraction of sp³-hybridized carbons (Fsp3) is 0.611. The van der Waals surface area contributed by atoms with E-state index in [0.29, 0.717) is 18.7 Å². The molecule has 140 valence electrons. The maximum Gasteiger partial charge on any atom is 0.243 e. The zero-order chi connectivity index (χ0) is 18.6. The number of anilines is 1. The van der Waals surface area contributed by atoms with Crippen molar-refractivity contribution in [3.05, 3.63) is 29.3 Å². The molecular formula is C18H28N2O4S. The summed E-state index contributed by atoms with van der Waals surface area (Å²) in [5.41, 5.74) is 2.58. The SMILES string of the molecule is CC[C@@H](C(=O)NC[C@H]1CCCO1)N(c1ccc(C)c(C)c1)S(C)(=O)=O. The lowest BCUT2D eigenvalue weighted by molar-refractivity contribution is -0.122. The van der Waals surface area contributed by atoms with E-state index in [2.05, 4.69) is 5.32 Å². The largest absolute Gasteiger partial charge is 0.376 e. The maximum absolute atomic E-state index is 12.7. The number of sulfonamides is 1. The summed E-state index contributed by atoms with van der Waals surface area (Å²) in [5.74, 6) is -0.290. The van der Waals surface area contributed by atoms with Crippen LogP contribution < -0.4 is 9.62 Å². The Kier molecular flexibility index (Phi) is 6.46. The zero-order valence-corrected chi connectivity index (χ0v) is 16.2. The summed E-state index contributed by atoms with van der Waals surface area (Å²) < 4.78 is 31.6. The molecule has 1 heterocycles. The summed E-state index contributed by atoms with van der Waals surface area (Å²) >= 11 is 0. The first kappa shape index (κ1) is 19.7. The molecular weight excluding hydrogens is 340 g/mol. The third-order valence-corrected chi connectivity index (χ3v) is 5.78. The van der Waals surface area contributed by atoms with E-state index >= 15 is 0 Å². The molecule has 1 N–H and O–H groups in total. The predicted octanol–water partition coefficient (Wildman–Crippen LogP) is 2.14. The average Bonchev–Trinajstić information content (AvgIpc) is 3.05. The van der Waals surface area contributed by atoms with E-state index in [-0.39, 0.29) is 12.0 Å². The number of aryl methyl sites for hydroxylation is 2. The molecule has 0 bridgehead atoms. The van der Waals surface area contributed by atoms with Crippen molar-refractivity contribution in [1.82, 2.24) is 5.32 Å². The predicted molar refractivity (Wildman–Crippen MR) is 99.3 cm³/mol. The number of carbonyl (C=O) groups excluding carboxylic acids is 1. The molecule has 2 atom stereocenters. The standard InChI is InChI=1S/C18H28N2O4S/c1-5-17(18(21)19-12-16-7-6-10-24-16)20(25(4,22)23)15-9-8-13(2)14(3)11-15/h8-9,11,16-17H,5-7,10,12H2,1-4H3,(H,19,21)/t16-,17+/m1/s1. The van der Waals surface area contributed by atoms with Gasteiger partial charge in [0.1, 0.15) is 6.04 Å². The van der Waals surface area contributed by atoms with Gasteiger partial charge in [-0.2, -0.15) is 0 Å². The summed E-state index contributed by atoms with van der Waals surface area (Å²) in [7, 11) is -3.60. The van der Waals surface area contributed by atoms with Crippen LogP contribution in [0.25, 0.3) is 0 Å². The Morgan fingerprint density at radius 3 is 2.60 bits per heavy atom. The van der Waals surface area contributed by atoms with Gasteiger partial charge < -0.3 is 10.1 Å². The van der Waals surface area contributed by atoms with Gasteiger partial charge in [-0.1, -0.05) is 13.0 Å². The minimum absolute atomic E-state index is 0.0229. The maximum atomic E-state index is 12.7. The molecule has 1 amide bonds. The Morgan fingerprint density at radius 2 is 2.08 bits per heavy atom. The van der Waals surface area contributed by atoms with Crippen LogP contribution in [0.5, 0.6) is 0 Å². The second-order valence-electron chi connectivity index (χ2n) is 6.63. The van der Waals surface area contributed by atoms with Crippen LogP contribution in [0.1, 0.15) is 37.3 Å². The number of carbonyl (C=O) groups is 1. The number of benzene rings is 1. The van der Waals surface area contributed by atoms with Crippen LogP contribution in [-0.2, 0) is 19.6 Å². The molecule has 7 heteroatoms. The van der Waals surface area contributed by atoms with Gasteiger partial charge in [0.15, 0.2) is 0 Å². The Hall–Kier alpha value is -1.60. The number of hydrogen-bond donors (Lipinski definition) is 1. The van der Waals surface area contributed by atoms with Gasteiger partial charge in [-0.05, 0) is 56.4 Å². The van der Waals surface area contributed by atoms with E-state index in [1.165, 1.54) is 4.31 Å². The summed E-state index contributed by atoms with van der Waals surface area (Å²) in [5, 5.41) is 2.85. The number of ether oxygens (including phenoxy) is 1. The molecule has 0 aliphatic carbocycles. The van der Waals surface area contributed by atoms with Crippen molar-refractivity contribution in [2.24, 2.45) is 0 Å². The Morgan fingerprint density at radius 1 is 1.36 bits per heavy atom. The second kappa shape index (κ2) is 8.19. The molecule has 0 unspecified atom stereocenters. The first-order chi connectivity index (χ1) is 11.7. The molecule has 1 aliphatic rings. The Bertz CT molecular complexity index is 712. The monoisotopic (exact) mass is 368 g/mol. The highest BCUT2D eigenvalue weighted by Crippen LogP contribution is 2.25. The number of rotatable bonds is 7. The molecule has 0 aromatic heterocycles. The fourth-order valence-electron chi connectivity index (χ4n) is 3.06. The topological polar surface area (TPSA) is 75.7 Å². The van der Waals surface area contributed by atoms with Crippen LogP contribution in [0.2, 0.25) is 0 Å². The van der Waals surface area contributed by atoms with Gasteiger partial charge in [0.25, 0.3) is 0 Å². The van der Waals surface area contributed by atoms with E-state index in [4.69, 9.17) is 4.74 Å². The van der Waals surface area contributed by atoms with Crippen LogP contribution in [0.15, 0.2) is 18.2 Å². The number of nitrogens with zero attached hydrogens (tertiary/aromatic N) is 1. The summed E-state index contributed by atoms with van der Waals surface area (Å²) in [6.07, 6.45) is 3.46. The first-order valence-electron chi connectivity index (χ1n) is 8.70. The highest BCUT2D eigenvalue weighted by molar-refractivity contribution is 7.92. The van der Waals surface area contributed by atoms with Crippen LogP contribution in [0.3, 0.4) is 0 Å². The second-order valence-corrected chi connectivity index (χ2v) is 8.49. The smallest absolute Gasteiger partial charge is 0.243 e. The first-order valence-corrected chi connectivity index (χ1v) is 10.5. The number of amides is 1. The molecule has 0 spiro atoms. The van der Waals surface area contributed by atoms with Crippen molar-refractivity contribution >= 4 is 21.6 Å². The van der Waals surface area contributed by atoms with Crippen molar-refractivity contribution in [2.75, 3.05) is 23.7 Å². The molecule has 0 saturated carbocycles. The van der Waals surface area contributed by atoms with Gasteiger partial charge >= 0.3 is 0 Å². The van der Waals surface area contributed by atoms with Gasteiger partial charge in [0.2, 0.25) is 15.9 Å². The minimum atomic E-state index is -3.60. The quantitative estimate of drug-likeness (QED) is 0.800. The van der Waals surface area contributed by atoms with Crippen molar-refractivity contribution < 1.29 is 17.9 Å². The molecule has 1 fully saturated rings. The van der Waals surface area contributed by atoms with E-state index in [1.807, 2.05) is 32.9 Å². The highest BCUT2D eigenvalue weighted by atomic mass is 32.2. The van der Waals surface area contributed by atoms with Gasteiger partial charge in [0.05, 0.1) is 18.0 Å². The van der Waals surface area contributed by atoms with E-state index in [9.17, 15) is 13.2 Å². The van der Waals surface area contributed by atoms with Crippen LogP contribution >= 0.6 is 0 Å². The molecule has 1 aliphatic heterocycles. The van der Waals surface area contributed by atoms with Crippen molar-refractivity contribution in [2.45, 2.75) is 52.2 Å². The summed E-state index contributed by atoms with van der Waals surface area (Å²) in [6, 6.07) is 4.66. The third kappa shape index (κ3) is 4.95. The Labute approximate surface area is 150 Å². The zero-order valence-electron chi connectivity index (χ0n) is 15.4. The fourth-order valence-corrected chi connectivity index (χ4v) is 4.26. The average molecular weight is 368 g/mol. The molecule has 0 radical (unpaired) electrons. The summed E-state index contributed by atoms with van der Waals surface area (Å²) in [6.45, 7) is 6.85. The Balaban J connectivity index is 2.24. The highest BCUT2D eigenvalue weighted by Gasteiger charge is 2.32. The number of nitrogens with one attached hydrogen (secondary N) is 1. The minimum Gasteiger partial charge on any atom is -0.376 e. The van der Waals surface area contributed by atoms with Gasteiger partial charge in [-0.25, -0.2) is 8.42 Å². The van der Waals surface area contributed by atoms with Crippen molar-refractivity contribution in [3.8, 4) is 0 Å². The molecule has 25 heavy (non-hydrogen) atoms. The van der Waals surface area contributed by atoms with Crippen LogP contribution in [0, 0.1) is 13.8 Å². The van der Waals surface area contributed by atoms with Crippen LogP contribution in [0.4, 0.5) is 5.69 Å². The lowest BCUT2D eigenvalue weighted by atomic mass is 10.1. The normalized spacial score (nSPS) is 18.8. The van der Waals surface area contributed by atoms with E-state index in [1.54, 1.807) is 6.07 Å². The van der Waals surface area contributed by atoms with E-state index < -0.39 is 16.1 Å². The number of hydrogen-bond acceptors (Lipinski definition) is 4. The summed E-state index contributed by atoms with van der Waals surface area (Å²) in [4.78, 5) is 12.7. The van der Waals surface area contributed by atoms with Gasteiger partial charge in [-0.15, -0.1) is 0 Å². The molecule has 1 aromatic carbocycles. The lowest BCUT2D eigenvalue weighted by Crippen LogP contribution is -2.50. The third-order valence-electron chi connectivity index (χ3n) is 4.60. The molecule has 1 saturated heterocycles. The van der Waals surface area contributed by atoms with Crippen molar-refractivity contribution in [3.63, 3.8) is 0 Å².